The number of unbranched alkanes of at least 4 members (excludes halogenated alkanes) is 1. The summed E-state index contributed by atoms with van der Waals surface area (Å²) in [4.78, 5) is 20.6. The van der Waals surface area contributed by atoms with Gasteiger partial charge in [-0.2, -0.15) is 0 Å². The van der Waals surface area contributed by atoms with Gasteiger partial charge in [-0.15, -0.1) is 0 Å². The van der Waals surface area contributed by atoms with Crippen molar-refractivity contribution in [1.82, 2.24) is 19.8 Å². The summed E-state index contributed by atoms with van der Waals surface area (Å²) in [5.74, 6) is 2.41. The summed E-state index contributed by atoms with van der Waals surface area (Å²) in [5.41, 5.74) is 3.44. The fourth-order valence-corrected chi connectivity index (χ4v) is 5.41. The monoisotopic (exact) mass is 628 g/mol. The number of amides is 1. The van der Waals surface area contributed by atoms with Gasteiger partial charge in [0.25, 0.3) is 0 Å². The van der Waals surface area contributed by atoms with Crippen LogP contribution < -0.4 is 14.8 Å². The van der Waals surface area contributed by atoms with Gasteiger partial charge in [0.1, 0.15) is 29.5 Å². The van der Waals surface area contributed by atoms with Crippen LogP contribution in [0.4, 0.5) is 4.79 Å². The number of alkyl carbamates (subject to hydrolysis) is 1. The van der Waals surface area contributed by atoms with E-state index in [0.717, 1.165) is 84.9 Å². The minimum atomic E-state index is -0.619. The first-order valence-electron chi connectivity index (χ1n) is 16.8. The number of imidazole rings is 1. The minimum absolute atomic E-state index is 0.409. The van der Waals surface area contributed by atoms with Crippen molar-refractivity contribution in [2.75, 3.05) is 26.2 Å². The lowest BCUT2D eigenvalue weighted by molar-refractivity contribution is 0.0500. The Bertz CT molecular complexity index is 1490. The summed E-state index contributed by atoms with van der Waals surface area (Å²) in [6, 6.07) is 23.9. The highest BCUT2D eigenvalue weighted by Crippen LogP contribution is 2.28. The molecule has 0 aliphatic heterocycles. The summed E-state index contributed by atoms with van der Waals surface area (Å²) in [6.07, 6.45) is 3.08. The number of ether oxygens (including phenoxy) is 3. The Morgan fingerprint density at radius 1 is 0.891 bits per heavy atom. The molecular weight excluding hydrogens is 576 g/mol. The lowest BCUT2D eigenvalue weighted by atomic mass is 10.0. The second-order valence-electron chi connectivity index (χ2n) is 12.7. The molecule has 0 saturated heterocycles. The molecule has 46 heavy (non-hydrogen) atoms. The van der Waals surface area contributed by atoms with Gasteiger partial charge >= 0.3 is 6.09 Å². The predicted molar refractivity (Wildman–Crippen MR) is 186 cm³/mol. The van der Waals surface area contributed by atoms with Crippen LogP contribution in [0.3, 0.4) is 0 Å². The van der Waals surface area contributed by atoms with Crippen molar-refractivity contribution < 1.29 is 19.0 Å². The van der Waals surface area contributed by atoms with Crippen molar-refractivity contribution >= 4 is 17.1 Å². The molecule has 4 rings (SSSR count). The van der Waals surface area contributed by atoms with Crippen molar-refractivity contribution in [3.8, 4) is 11.5 Å². The average molecular weight is 629 g/mol. The zero-order chi connectivity index (χ0) is 32.9. The van der Waals surface area contributed by atoms with Gasteiger partial charge < -0.3 is 29.0 Å². The molecule has 0 aliphatic carbocycles. The summed E-state index contributed by atoms with van der Waals surface area (Å²) in [7, 11) is 0. The van der Waals surface area contributed by atoms with E-state index >= 15 is 0 Å². The first-order valence-corrected chi connectivity index (χ1v) is 16.8. The van der Waals surface area contributed by atoms with Crippen LogP contribution in [0.2, 0.25) is 0 Å². The van der Waals surface area contributed by atoms with Crippen molar-refractivity contribution in [1.29, 1.82) is 0 Å². The highest BCUT2D eigenvalue weighted by molar-refractivity contribution is 5.78. The zero-order valence-corrected chi connectivity index (χ0v) is 28.6. The van der Waals surface area contributed by atoms with Crippen LogP contribution in [0.15, 0.2) is 72.8 Å². The van der Waals surface area contributed by atoms with Crippen LogP contribution in [-0.4, -0.2) is 52.4 Å². The number of carbonyl (C=O) groups is 1. The van der Waals surface area contributed by atoms with Gasteiger partial charge in [-0.3, -0.25) is 0 Å². The molecule has 8 heteroatoms. The number of rotatable bonds is 17. The lowest BCUT2D eigenvalue weighted by Crippen LogP contribution is -2.37. The van der Waals surface area contributed by atoms with E-state index in [0.29, 0.717) is 19.6 Å². The highest BCUT2D eigenvalue weighted by atomic mass is 16.6. The average Bonchev–Trinajstić information content (AvgIpc) is 3.40. The van der Waals surface area contributed by atoms with Gasteiger partial charge in [0, 0.05) is 25.6 Å². The number of carbonyl (C=O) groups excluding carboxylic acids is 1. The summed E-state index contributed by atoms with van der Waals surface area (Å²) in [6.45, 7) is 17.2. The van der Waals surface area contributed by atoms with Crippen molar-refractivity contribution in [3.05, 3.63) is 89.7 Å². The van der Waals surface area contributed by atoms with Crippen LogP contribution in [0.5, 0.6) is 11.5 Å². The maximum absolute atomic E-state index is 13.1. The predicted octanol–water partition coefficient (Wildman–Crippen LogP) is 8.33. The number of hydrogen-bond acceptors (Lipinski definition) is 6. The second kappa shape index (κ2) is 17.0. The standard InChI is InChI=1S/C38H52N4O4/c1-7-10-24-42-35-22-21-32(44-25-14-23-41(8-2)9-3)27-33(35)39-36(42)34(40-37(43)46-38(4,5)6)26-29-17-19-31(20-18-29)45-28-30-15-12-11-13-16-30/h11-13,15-22,27,34H,7-10,14,23-26,28H2,1-6H3,(H,40,43). The molecule has 0 aliphatic rings. The molecule has 248 valence electrons. The Morgan fingerprint density at radius 3 is 2.28 bits per heavy atom. The van der Waals surface area contributed by atoms with E-state index in [1.54, 1.807) is 0 Å². The minimum Gasteiger partial charge on any atom is -0.493 e. The van der Waals surface area contributed by atoms with Crippen LogP contribution >= 0.6 is 0 Å². The molecule has 1 amide bonds. The van der Waals surface area contributed by atoms with Crippen molar-refractivity contribution in [3.63, 3.8) is 0 Å². The molecule has 1 unspecified atom stereocenters. The molecule has 1 atom stereocenters. The molecule has 1 aromatic heterocycles. The molecule has 1 heterocycles. The SMILES string of the molecule is CCCCn1c(C(Cc2ccc(OCc3ccccc3)cc2)NC(=O)OC(C)(C)C)nc2cc(OCCCN(CC)CC)ccc21. The van der Waals surface area contributed by atoms with Crippen LogP contribution in [0.1, 0.15) is 83.8 Å². The van der Waals surface area contributed by atoms with E-state index in [4.69, 9.17) is 19.2 Å². The van der Waals surface area contributed by atoms with E-state index in [9.17, 15) is 4.79 Å². The third-order valence-corrected chi connectivity index (χ3v) is 7.88. The zero-order valence-electron chi connectivity index (χ0n) is 28.6. The highest BCUT2D eigenvalue weighted by Gasteiger charge is 2.26. The van der Waals surface area contributed by atoms with Gasteiger partial charge in [-0.25, -0.2) is 9.78 Å². The normalized spacial score (nSPS) is 12.3. The van der Waals surface area contributed by atoms with Gasteiger partial charge in [-0.1, -0.05) is 69.7 Å². The van der Waals surface area contributed by atoms with E-state index in [2.05, 4.69) is 53.8 Å². The van der Waals surface area contributed by atoms with E-state index in [-0.39, 0.29) is 0 Å². The Kier molecular flexibility index (Phi) is 12.9. The fourth-order valence-electron chi connectivity index (χ4n) is 5.41. The van der Waals surface area contributed by atoms with Crippen LogP contribution in [-0.2, 0) is 24.3 Å². The topological polar surface area (TPSA) is 77.8 Å². The number of aryl methyl sites for hydroxylation is 1. The molecule has 4 aromatic rings. The molecule has 8 nitrogen and oxygen atoms in total. The molecule has 0 radical (unpaired) electrons. The van der Waals surface area contributed by atoms with Gasteiger partial charge in [0.2, 0.25) is 0 Å². The van der Waals surface area contributed by atoms with Gasteiger partial charge in [0.15, 0.2) is 0 Å². The summed E-state index contributed by atoms with van der Waals surface area (Å²) < 4.78 is 20.1. The maximum atomic E-state index is 13.1. The molecule has 0 spiro atoms. The number of aromatic nitrogens is 2. The first kappa shape index (κ1) is 34.8. The molecule has 0 saturated carbocycles. The Morgan fingerprint density at radius 2 is 1.61 bits per heavy atom. The largest absolute Gasteiger partial charge is 0.493 e. The van der Waals surface area contributed by atoms with E-state index in [1.807, 2.05) is 75.4 Å². The van der Waals surface area contributed by atoms with Crippen LogP contribution in [0, 0.1) is 0 Å². The van der Waals surface area contributed by atoms with Gasteiger partial charge in [0.05, 0.1) is 23.7 Å². The number of nitrogens with zero attached hydrogens (tertiary/aromatic N) is 3. The van der Waals surface area contributed by atoms with E-state index < -0.39 is 17.7 Å². The van der Waals surface area contributed by atoms with Crippen molar-refractivity contribution in [2.45, 2.75) is 92.0 Å². The molecule has 3 aromatic carbocycles. The molecule has 1 N–H and O–H groups in total. The smallest absolute Gasteiger partial charge is 0.408 e. The first-order chi connectivity index (χ1) is 22.2. The van der Waals surface area contributed by atoms with E-state index in [1.165, 1.54) is 0 Å². The number of nitrogens with one attached hydrogen (secondary N) is 1. The fraction of sp³-hybridized carbons (Fsp3) is 0.474. The third-order valence-electron chi connectivity index (χ3n) is 7.88. The third kappa shape index (κ3) is 10.5. The Labute approximate surface area is 275 Å². The second-order valence-corrected chi connectivity index (χ2v) is 12.7. The van der Waals surface area contributed by atoms with Crippen molar-refractivity contribution in [2.24, 2.45) is 0 Å². The molecule has 0 fully saturated rings. The molecular formula is C38H52N4O4. The number of fused-ring (bicyclic) bond motifs is 1. The van der Waals surface area contributed by atoms with Crippen LogP contribution in [0.25, 0.3) is 11.0 Å². The van der Waals surface area contributed by atoms with Gasteiger partial charge in [-0.05, 0) is 82.1 Å². The number of hydrogen-bond donors (Lipinski definition) is 1. The summed E-state index contributed by atoms with van der Waals surface area (Å²) in [5, 5.41) is 3.14. The Hall–Kier alpha value is -4.04. The summed E-state index contributed by atoms with van der Waals surface area (Å²) >= 11 is 0. The maximum Gasteiger partial charge on any atom is 0.408 e. The quantitative estimate of drug-likeness (QED) is 0.119. The molecule has 0 bridgehead atoms. The number of benzene rings is 3. The Balaban J connectivity index is 1.57. The lowest BCUT2D eigenvalue weighted by Gasteiger charge is -2.24.